The quantitative estimate of drug-likeness (QED) is 0.858. The van der Waals surface area contributed by atoms with E-state index in [4.69, 9.17) is 4.74 Å². The molecular weight excluding hydrogens is 298 g/mol. The van der Waals surface area contributed by atoms with E-state index < -0.39 is 6.10 Å². The number of ether oxygens (including phenoxy) is 1. The molecule has 0 aliphatic heterocycles. The first-order valence-corrected chi connectivity index (χ1v) is 8.31. The lowest BCUT2D eigenvalue weighted by Gasteiger charge is -2.20. The molecule has 0 aliphatic carbocycles. The highest BCUT2D eigenvalue weighted by Crippen LogP contribution is 2.24. The van der Waals surface area contributed by atoms with Crippen molar-refractivity contribution in [2.45, 2.75) is 53.1 Å². The standard InChI is InChI=1S/C21H27NO2/c1-14-11-15(2)13-18(12-14)22-20(23)16(3)24-19-9-7-17(8-10-19)21(4,5)6/h7-13,16H,1-6H3,(H,22,23)/t16-/m1/s1. The lowest BCUT2D eigenvalue weighted by Crippen LogP contribution is -2.30. The van der Waals surface area contributed by atoms with E-state index in [1.54, 1.807) is 6.92 Å². The lowest BCUT2D eigenvalue weighted by molar-refractivity contribution is -0.122. The molecule has 0 fully saturated rings. The number of carbonyl (C=O) groups is 1. The van der Waals surface area contributed by atoms with E-state index in [1.807, 2.05) is 50.2 Å². The maximum Gasteiger partial charge on any atom is 0.265 e. The van der Waals surface area contributed by atoms with E-state index in [-0.39, 0.29) is 11.3 Å². The number of anilines is 1. The normalized spacial score (nSPS) is 12.6. The highest BCUT2D eigenvalue weighted by Gasteiger charge is 2.17. The molecule has 0 heterocycles. The van der Waals surface area contributed by atoms with Gasteiger partial charge in [-0.25, -0.2) is 0 Å². The Morgan fingerprint density at radius 3 is 2.04 bits per heavy atom. The Kier molecular flexibility index (Phi) is 5.33. The third-order valence-corrected chi connectivity index (χ3v) is 3.89. The number of aryl methyl sites for hydroxylation is 2. The van der Waals surface area contributed by atoms with Gasteiger partial charge < -0.3 is 10.1 Å². The number of carbonyl (C=O) groups excluding carboxylic acids is 1. The second-order valence-corrected chi connectivity index (χ2v) is 7.40. The molecule has 0 bridgehead atoms. The van der Waals surface area contributed by atoms with Crippen LogP contribution in [-0.4, -0.2) is 12.0 Å². The van der Waals surface area contributed by atoms with Crippen molar-refractivity contribution in [1.29, 1.82) is 0 Å². The minimum Gasteiger partial charge on any atom is -0.481 e. The number of nitrogens with one attached hydrogen (secondary N) is 1. The van der Waals surface area contributed by atoms with E-state index in [0.717, 1.165) is 16.8 Å². The first-order valence-electron chi connectivity index (χ1n) is 8.31. The van der Waals surface area contributed by atoms with Crippen LogP contribution in [0.25, 0.3) is 0 Å². The third-order valence-electron chi connectivity index (χ3n) is 3.89. The van der Waals surface area contributed by atoms with Gasteiger partial charge in [-0.1, -0.05) is 39.0 Å². The highest BCUT2D eigenvalue weighted by molar-refractivity contribution is 5.94. The molecule has 1 amide bonds. The Morgan fingerprint density at radius 2 is 1.54 bits per heavy atom. The SMILES string of the molecule is Cc1cc(C)cc(NC(=O)[C@@H](C)Oc2ccc(C(C)(C)C)cc2)c1. The molecule has 1 atom stereocenters. The lowest BCUT2D eigenvalue weighted by atomic mass is 9.87. The Morgan fingerprint density at radius 1 is 1.00 bits per heavy atom. The van der Waals surface area contributed by atoms with Gasteiger partial charge in [-0.05, 0) is 67.1 Å². The van der Waals surface area contributed by atoms with Gasteiger partial charge in [-0.3, -0.25) is 4.79 Å². The molecule has 0 saturated carbocycles. The fraction of sp³-hybridized carbons (Fsp3) is 0.381. The van der Waals surface area contributed by atoms with E-state index >= 15 is 0 Å². The van der Waals surface area contributed by atoms with Gasteiger partial charge in [0.2, 0.25) is 0 Å². The maximum atomic E-state index is 12.3. The molecule has 2 aromatic carbocycles. The van der Waals surface area contributed by atoms with Gasteiger partial charge in [0.25, 0.3) is 5.91 Å². The molecule has 0 spiro atoms. The van der Waals surface area contributed by atoms with E-state index in [1.165, 1.54) is 5.56 Å². The van der Waals surface area contributed by atoms with Crippen LogP contribution in [0.3, 0.4) is 0 Å². The zero-order chi connectivity index (χ0) is 17.9. The molecule has 1 N–H and O–H groups in total. The van der Waals surface area contributed by atoms with Crippen LogP contribution < -0.4 is 10.1 Å². The van der Waals surface area contributed by atoms with Gasteiger partial charge >= 0.3 is 0 Å². The summed E-state index contributed by atoms with van der Waals surface area (Å²) in [5, 5.41) is 2.92. The summed E-state index contributed by atoms with van der Waals surface area (Å²) in [6.07, 6.45) is -0.564. The second kappa shape index (κ2) is 7.08. The molecule has 3 heteroatoms. The van der Waals surface area contributed by atoms with Crippen molar-refractivity contribution in [3.8, 4) is 5.75 Å². The topological polar surface area (TPSA) is 38.3 Å². The van der Waals surface area contributed by atoms with Crippen molar-refractivity contribution < 1.29 is 9.53 Å². The largest absolute Gasteiger partial charge is 0.481 e. The molecule has 0 unspecified atom stereocenters. The number of amides is 1. The van der Waals surface area contributed by atoms with Crippen LogP contribution in [0.15, 0.2) is 42.5 Å². The van der Waals surface area contributed by atoms with E-state index in [9.17, 15) is 4.79 Å². The minimum atomic E-state index is -0.564. The monoisotopic (exact) mass is 325 g/mol. The second-order valence-electron chi connectivity index (χ2n) is 7.40. The van der Waals surface area contributed by atoms with Crippen molar-refractivity contribution in [2.24, 2.45) is 0 Å². The number of hydrogen-bond donors (Lipinski definition) is 1. The van der Waals surface area contributed by atoms with Gasteiger partial charge in [0.1, 0.15) is 5.75 Å². The van der Waals surface area contributed by atoms with Crippen molar-refractivity contribution in [2.75, 3.05) is 5.32 Å². The molecule has 24 heavy (non-hydrogen) atoms. The number of hydrogen-bond acceptors (Lipinski definition) is 2. The molecular formula is C21H27NO2. The van der Waals surface area contributed by atoms with Crippen LogP contribution in [0.1, 0.15) is 44.4 Å². The predicted octanol–water partition coefficient (Wildman–Crippen LogP) is 5.01. The maximum absolute atomic E-state index is 12.3. The minimum absolute atomic E-state index is 0.102. The summed E-state index contributed by atoms with van der Waals surface area (Å²) in [5.74, 6) is 0.547. The number of rotatable bonds is 4. The molecule has 128 valence electrons. The van der Waals surface area contributed by atoms with E-state index in [0.29, 0.717) is 5.75 Å². The number of benzene rings is 2. The predicted molar refractivity (Wildman–Crippen MR) is 99.8 cm³/mol. The van der Waals surface area contributed by atoms with Gasteiger partial charge in [-0.2, -0.15) is 0 Å². The smallest absolute Gasteiger partial charge is 0.265 e. The van der Waals surface area contributed by atoms with E-state index in [2.05, 4.69) is 32.2 Å². The third kappa shape index (κ3) is 4.85. The molecule has 2 aromatic rings. The van der Waals surface area contributed by atoms with Crippen LogP contribution in [0.5, 0.6) is 5.75 Å². The summed E-state index contributed by atoms with van der Waals surface area (Å²) in [7, 11) is 0. The molecule has 2 rings (SSSR count). The van der Waals surface area contributed by atoms with Gasteiger partial charge in [0.05, 0.1) is 0 Å². The van der Waals surface area contributed by atoms with Crippen LogP contribution in [0.4, 0.5) is 5.69 Å². The van der Waals surface area contributed by atoms with Crippen LogP contribution >= 0.6 is 0 Å². The zero-order valence-electron chi connectivity index (χ0n) is 15.4. The Balaban J connectivity index is 2.01. The Hall–Kier alpha value is -2.29. The Labute approximate surface area is 145 Å². The van der Waals surface area contributed by atoms with Crippen LogP contribution in [-0.2, 0) is 10.2 Å². The fourth-order valence-corrected chi connectivity index (χ4v) is 2.58. The summed E-state index contributed by atoms with van der Waals surface area (Å²) in [4.78, 5) is 12.3. The average Bonchev–Trinajstić information content (AvgIpc) is 2.45. The molecule has 0 saturated heterocycles. The van der Waals surface area contributed by atoms with Gasteiger partial charge in [0.15, 0.2) is 6.10 Å². The summed E-state index contributed by atoms with van der Waals surface area (Å²) in [6.45, 7) is 12.3. The molecule has 0 radical (unpaired) electrons. The summed E-state index contributed by atoms with van der Waals surface area (Å²) < 4.78 is 5.76. The summed E-state index contributed by atoms with van der Waals surface area (Å²) >= 11 is 0. The summed E-state index contributed by atoms with van der Waals surface area (Å²) in [5.41, 5.74) is 4.39. The fourth-order valence-electron chi connectivity index (χ4n) is 2.58. The van der Waals surface area contributed by atoms with Crippen molar-refractivity contribution in [3.05, 3.63) is 59.2 Å². The average molecular weight is 325 g/mol. The zero-order valence-corrected chi connectivity index (χ0v) is 15.4. The van der Waals surface area contributed by atoms with Crippen molar-refractivity contribution in [3.63, 3.8) is 0 Å². The van der Waals surface area contributed by atoms with Gasteiger partial charge in [-0.15, -0.1) is 0 Å². The van der Waals surface area contributed by atoms with Crippen LogP contribution in [0, 0.1) is 13.8 Å². The summed E-state index contributed by atoms with van der Waals surface area (Å²) in [6, 6.07) is 13.9. The highest BCUT2D eigenvalue weighted by atomic mass is 16.5. The molecule has 3 nitrogen and oxygen atoms in total. The van der Waals surface area contributed by atoms with Crippen molar-refractivity contribution in [1.82, 2.24) is 0 Å². The molecule has 0 aliphatic rings. The Bertz CT molecular complexity index is 691. The van der Waals surface area contributed by atoms with Crippen LogP contribution in [0.2, 0.25) is 0 Å². The molecule has 0 aromatic heterocycles. The van der Waals surface area contributed by atoms with Gasteiger partial charge in [0, 0.05) is 5.69 Å². The first kappa shape index (κ1) is 18.1. The van der Waals surface area contributed by atoms with Crippen molar-refractivity contribution >= 4 is 11.6 Å². The first-order chi connectivity index (χ1) is 11.1.